The summed E-state index contributed by atoms with van der Waals surface area (Å²) in [4.78, 5) is 0.948. The monoisotopic (exact) mass is 308 g/mol. The highest BCUT2D eigenvalue weighted by Gasteiger charge is 2.18. The molecule has 1 aromatic heterocycles. The van der Waals surface area contributed by atoms with Crippen LogP contribution in [0.2, 0.25) is 0 Å². The summed E-state index contributed by atoms with van der Waals surface area (Å²) in [7, 11) is -1.85. The van der Waals surface area contributed by atoms with Crippen LogP contribution < -0.4 is 10.5 Å². The topological polar surface area (TPSA) is 90.6 Å². The normalized spacial score (nSPS) is 11.9. The minimum absolute atomic E-state index is 0.230. The second kappa shape index (κ2) is 8.62. The van der Waals surface area contributed by atoms with E-state index in [1.54, 1.807) is 18.6 Å². The predicted molar refractivity (Wildman–Crippen MR) is 74.7 cm³/mol. The lowest BCUT2D eigenvalue weighted by molar-refractivity contribution is 0.0699. The number of thiophene rings is 1. The van der Waals surface area contributed by atoms with Crippen molar-refractivity contribution >= 4 is 21.4 Å². The molecular weight excluding hydrogens is 288 g/mol. The quantitative estimate of drug-likeness (QED) is 0.616. The van der Waals surface area contributed by atoms with E-state index in [0.717, 1.165) is 0 Å². The van der Waals surface area contributed by atoms with Gasteiger partial charge in [-0.1, -0.05) is 0 Å². The zero-order valence-electron chi connectivity index (χ0n) is 10.9. The molecule has 1 rings (SSSR count). The van der Waals surface area contributed by atoms with Gasteiger partial charge in [0.05, 0.1) is 18.1 Å². The Morgan fingerprint density at radius 3 is 2.84 bits per heavy atom. The molecule has 3 N–H and O–H groups in total. The second-order valence-electron chi connectivity index (χ2n) is 3.77. The van der Waals surface area contributed by atoms with Gasteiger partial charge in [-0.05, 0) is 17.9 Å². The third kappa shape index (κ3) is 5.55. The van der Waals surface area contributed by atoms with Crippen LogP contribution in [0, 0.1) is 0 Å². The van der Waals surface area contributed by atoms with Gasteiger partial charge < -0.3 is 15.2 Å². The third-order valence-corrected chi connectivity index (χ3v) is 4.99. The summed E-state index contributed by atoms with van der Waals surface area (Å²) >= 11 is 1.35. The van der Waals surface area contributed by atoms with Crippen molar-refractivity contribution in [3.05, 3.63) is 16.3 Å². The molecule has 0 amide bonds. The van der Waals surface area contributed by atoms with Crippen LogP contribution >= 0.6 is 11.3 Å². The molecular formula is C11H20N2O4S2. The first-order chi connectivity index (χ1) is 9.11. The summed E-state index contributed by atoms with van der Waals surface area (Å²) < 4.78 is 36.6. The molecule has 110 valence electrons. The average Bonchev–Trinajstić information content (AvgIpc) is 2.87. The number of hydrogen-bond acceptors (Lipinski definition) is 6. The van der Waals surface area contributed by atoms with Crippen molar-refractivity contribution in [2.45, 2.75) is 17.9 Å². The van der Waals surface area contributed by atoms with E-state index in [-0.39, 0.29) is 11.4 Å². The second-order valence-corrected chi connectivity index (χ2v) is 6.50. The smallest absolute Gasteiger partial charge is 0.241 e. The van der Waals surface area contributed by atoms with Gasteiger partial charge in [-0.25, -0.2) is 13.1 Å². The molecule has 0 aliphatic heterocycles. The van der Waals surface area contributed by atoms with Crippen LogP contribution in [0.3, 0.4) is 0 Å². The van der Waals surface area contributed by atoms with Gasteiger partial charge >= 0.3 is 0 Å². The molecule has 6 nitrogen and oxygen atoms in total. The van der Waals surface area contributed by atoms with E-state index in [1.807, 2.05) is 0 Å². The van der Waals surface area contributed by atoms with Crippen molar-refractivity contribution in [2.75, 3.05) is 33.5 Å². The maximum Gasteiger partial charge on any atom is 0.241 e. The number of methoxy groups -OCH3 is 1. The molecule has 0 aromatic carbocycles. The molecule has 19 heavy (non-hydrogen) atoms. The summed E-state index contributed by atoms with van der Waals surface area (Å²) in [6, 6.07) is 1.57. The van der Waals surface area contributed by atoms with Gasteiger partial charge in [0.15, 0.2) is 0 Å². The fourth-order valence-electron chi connectivity index (χ4n) is 1.42. The van der Waals surface area contributed by atoms with Crippen LogP contribution in [0.1, 0.15) is 11.3 Å². The Hall–Kier alpha value is -0.510. The van der Waals surface area contributed by atoms with Gasteiger partial charge in [0.2, 0.25) is 10.0 Å². The molecule has 8 heteroatoms. The Morgan fingerprint density at radius 2 is 2.16 bits per heavy atom. The van der Waals surface area contributed by atoms with Crippen LogP contribution in [-0.4, -0.2) is 41.9 Å². The molecule has 0 unspecified atom stereocenters. The zero-order valence-corrected chi connectivity index (χ0v) is 12.6. The maximum absolute atomic E-state index is 12.0. The van der Waals surface area contributed by atoms with Crippen molar-refractivity contribution in [1.82, 2.24) is 4.72 Å². The Bertz CT molecular complexity index is 459. The predicted octanol–water partition coefficient (Wildman–Crippen LogP) is 0.538. The number of nitrogens with two attached hydrogens (primary N) is 1. The summed E-state index contributed by atoms with van der Waals surface area (Å²) in [5.41, 5.74) is 5.50. The van der Waals surface area contributed by atoms with E-state index in [9.17, 15) is 8.42 Å². The number of hydrogen-bond donors (Lipinski definition) is 2. The molecule has 0 radical (unpaired) electrons. The zero-order chi connectivity index (χ0) is 14.1. The minimum Gasteiger partial charge on any atom is -0.382 e. The minimum atomic E-state index is -3.46. The van der Waals surface area contributed by atoms with E-state index in [0.29, 0.717) is 37.7 Å². The van der Waals surface area contributed by atoms with E-state index in [1.165, 1.54) is 11.3 Å². The number of rotatable bonds is 10. The van der Waals surface area contributed by atoms with Gasteiger partial charge in [0, 0.05) is 31.7 Å². The fraction of sp³-hybridized carbons (Fsp3) is 0.636. The molecule has 0 atom stereocenters. The SMILES string of the molecule is COCCOCCCNS(=O)(=O)c1ccsc1CN. The Kier molecular flexibility index (Phi) is 7.51. The lowest BCUT2D eigenvalue weighted by Crippen LogP contribution is -2.26. The van der Waals surface area contributed by atoms with Crippen LogP contribution in [0.5, 0.6) is 0 Å². The summed E-state index contributed by atoms with van der Waals surface area (Å²) in [6.45, 7) is 2.13. The van der Waals surface area contributed by atoms with Gasteiger partial charge in [0.25, 0.3) is 0 Å². The van der Waals surface area contributed by atoms with Crippen LogP contribution in [0.15, 0.2) is 16.3 Å². The molecule has 1 heterocycles. The van der Waals surface area contributed by atoms with Gasteiger partial charge in [-0.2, -0.15) is 0 Å². The Labute approximate surface area is 118 Å². The maximum atomic E-state index is 12.0. The lowest BCUT2D eigenvalue weighted by Gasteiger charge is -2.07. The number of nitrogens with one attached hydrogen (secondary N) is 1. The van der Waals surface area contributed by atoms with Gasteiger partial charge in [0.1, 0.15) is 0 Å². The van der Waals surface area contributed by atoms with E-state index < -0.39 is 10.0 Å². The van der Waals surface area contributed by atoms with Crippen molar-refractivity contribution in [2.24, 2.45) is 5.73 Å². The number of ether oxygens (including phenoxy) is 2. The fourth-order valence-corrected chi connectivity index (χ4v) is 3.83. The van der Waals surface area contributed by atoms with Crippen molar-refractivity contribution in [3.8, 4) is 0 Å². The molecule has 0 aliphatic rings. The summed E-state index contributed by atoms with van der Waals surface area (Å²) in [5.74, 6) is 0. The average molecular weight is 308 g/mol. The van der Waals surface area contributed by atoms with E-state index in [2.05, 4.69) is 4.72 Å². The first-order valence-corrected chi connectivity index (χ1v) is 8.31. The molecule has 1 aromatic rings. The van der Waals surface area contributed by atoms with Crippen LogP contribution in [0.25, 0.3) is 0 Å². The van der Waals surface area contributed by atoms with Crippen molar-refractivity contribution < 1.29 is 17.9 Å². The Balaban J connectivity index is 2.32. The molecule has 0 spiro atoms. The van der Waals surface area contributed by atoms with E-state index in [4.69, 9.17) is 15.2 Å². The van der Waals surface area contributed by atoms with Gasteiger partial charge in [-0.15, -0.1) is 11.3 Å². The Morgan fingerprint density at radius 1 is 1.37 bits per heavy atom. The van der Waals surface area contributed by atoms with E-state index >= 15 is 0 Å². The molecule has 0 fully saturated rings. The molecule has 0 aliphatic carbocycles. The van der Waals surface area contributed by atoms with Crippen molar-refractivity contribution in [3.63, 3.8) is 0 Å². The highest BCUT2D eigenvalue weighted by molar-refractivity contribution is 7.89. The highest BCUT2D eigenvalue weighted by Crippen LogP contribution is 2.20. The molecule has 0 bridgehead atoms. The van der Waals surface area contributed by atoms with Crippen LogP contribution in [-0.2, 0) is 26.0 Å². The summed E-state index contributed by atoms with van der Waals surface area (Å²) in [6.07, 6.45) is 0.616. The standard InChI is InChI=1S/C11H20N2O4S2/c1-16-6-7-17-5-2-4-13-19(14,15)11-3-8-18-10(11)9-12/h3,8,13H,2,4-7,9,12H2,1H3. The first kappa shape index (κ1) is 16.5. The van der Waals surface area contributed by atoms with Crippen LogP contribution in [0.4, 0.5) is 0 Å². The highest BCUT2D eigenvalue weighted by atomic mass is 32.2. The summed E-state index contributed by atoms with van der Waals surface area (Å²) in [5, 5.41) is 1.73. The first-order valence-electron chi connectivity index (χ1n) is 5.94. The third-order valence-electron chi connectivity index (χ3n) is 2.37. The van der Waals surface area contributed by atoms with Gasteiger partial charge in [-0.3, -0.25) is 0 Å². The molecule has 0 saturated carbocycles. The molecule has 0 saturated heterocycles. The number of sulfonamides is 1. The lowest BCUT2D eigenvalue weighted by atomic mass is 10.5. The van der Waals surface area contributed by atoms with Crippen molar-refractivity contribution in [1.29, 1.82) is 0 Å². The largest absolute Gasteiger partial charge is 0.382 e.